The first kappa shape index (κ1) is 15.7. The summed E-state index contributed by atoms with van der Waals surface area (Å²) in [6, 6.07) is 3.99. The molecule has 0 bridgehead atoms. The van der Waals surface area contributed by atoms with E-state index >= 15 is 0 Å². The average Bonchev–Trinajstić information content (AvgIpc) is 2.87. The number of carbonyl (C=O) groups excluding carboxylic acids is 1. The number of anilines is 1. The molecule has 2 rings (SSSR count). The molecule has 0 radical (unpaired) electrons. The molecule has 0 aromatic carbocycles. The first-order chi connectivity index (χ1) is 9.96. The van der Waals surface area contributed by atoms with Crippen molar-refractivity contribution in [2.24, 2.45) is 11.8 Å². The van der Waals surface area contributed by atoms with Gasteiger partial charge in [-0.2, -0.15) is 0 Å². The number of aromatic nitrogens is 1. The molecule has 21 heavy (non-hydrogen) atoms. The Morgan fingerprint density at radius 1 is 1.48 bits per heavy atom. The van der Waals surface area contributed by atoms with Gasteiger partial charge in [-0.25, -0.2) is 10.8 Å². The van der Waals surface area contributed by atoms with Gasteiger partial charge >= 0.3 is 0 Å². The molecule has 0 aliphatic carbocycles. The fourth-order valence-electron chi connectivity index (χ4n) is 2.94. The average molecular weight is 291 g/mol. The Kier molecular flexibility index (Phi) is 4.80. The topological polar surface area (TPSA) is 74.5 Å². The first-order valence-corrected chi connectivity index (χ1v) is 7.39. The van der Waals surface area contributed by atoms with Crippen LogP contribution in [-0.4, -0.2) is 53.9 Å². The normalized spacial score (nSPS) is 21.9. The Bertz CT molecular complexity index is 495. The number of hydrogen-bond donors (Lipinski definition) is 2. The zero-order valence-electron chi connectivity index (χ0n) is 13.3. The summed E-state index contributed by atoms with van der Waals surface area (Å²) < 4.78 is 0. The third kappa shape index (κ3) is 3.33. The third-order valence-corrected chi connectivity index (χ3v) is 4.16. The van der Waals surface area contributed by atoms with Crippen LogP contribution in [0.15, 0.2) is 12.1 Å². The number of nitrogen functional groups attached to an aromatic ring is 1. The lowest BCUT2D eigenvalue weighted by molar-refractivity contribution is 0.0781. The van der Waals surface area contributed by atoms with Gasteiger partial charge in [0, 0.05) is 30.4 Å². The van der Waals surface area contributed by atoms with E-state index in [0.29, 0.717) is 23.3 Å². The van der Waals surface area contributed by atoms with Crippen LogP contribution < -0.4 is 11.3 Å². The molecule has 1 aliphatic heterocycles. The predicted molar refractivity (Wildman–Crippen MR) is 84.0 cm³/mol. The van der Waals surface area contributed by atoms with E-state index in [9.17, 15) is 4.79 Å². The van der Waals surface area contributed by atoms with E-state index in [2.05, 4.69) is 36.3 Å². The number of likely N-dealkylation sites (tertiary alicyclic amines) is 1. The third-order valence-electron chi connectivity index (χ3n) is 4.16. The molecule has 1 aliphatic rings. The highest BCUT2D eigenvalue weighted by Gasteiger charge is 2.34. The van der Waals surface area contributed by atoms with Crippen LogP contribution in [0.3, 0.4) is 0 Å². The molecule has 2 atom stereocenters. The Labute approximate surface area is 126 Å². The van der Waals surface area contributed by atoms with Gasteiger partial charge in [0.2, 0.25) is 0 Å². The maximum Gasteiger partial charge on any atom is 0.254 e. The number of pyridine rings is 1. The fraction of sp³-hybridized carbons (Fsp3) is 0.600. The van der Waals surface area contributed by atoms with Gasteiger partial charge in [0.1, 0.15) is 5.82 Å². The van der Waals surface area contributed by atoms with Gasteiger partial charge in [0.05, 0.1) is 0 Å². The summed E-state index contributed by atoms with van der Waals surface area (Å²) in [5.74, 6) is 6.50. The summed E-state index contributed by atoms with van der Waals surface area (Å²) in [5.41, 5.74) is 4.05. The minimum Gasteiger partial charge on any atom is -0.337 e. The van der Waals surface area contributed by atoms with Gasteiger partial charge in [0.15, 0.2) is 0 Å². The van der Waals surface area contributed by atoms with Crippen LogP contribution in [0.5, 0.6) is 0 Å². The van der Waals surface area contributed by atoms with Crippen LogP contribution in [0.4, 0.5) is 5.82 Å². The highest BCUT2D eigenvalue weighted by molar-refractivity contribution is 5.95. The van der Waals surface area contributed by atoms with Crippen molar-refractivity contribution in [3.8, 4) is 0 Å². The minimum absolute atomic E-state index is 0.0554. The second-order valence-corrected chi connectivity index (χ2v) is 5.95. The molecule has 116 valence electrons. The monoisotopic (exact) mass is 291 g/mol. The molecule has 3 N–H and O–H groups in total. The minimum atomic E-state index is 0.0554. The number of likely N-dealkylation sites (N-methyl/N-ethyl adjacent to an activating group) is 1. The maximum atomic E-state index is 12.7. The second-order valence-electron chi connectivity index (χ2n) is 5.95. The number of nitrogens with zero attached hydrogens (tertiary/aromatic N) is 3. The SMILES string of the molecule is CCc1cc(C(=O)N2CC(C)C(N(C)C)C2)cc(NN)n1. The van der Waals surface area contributed by atoms with E-state index in [0.717, 1.165) is 25.2 Å². The fourth-order valence-corrected chi connectivity index (χ4v) is 2.94. The molecule has 2 heterocycles. The lowest BCUT2D eigenvalue weighted by Crippen LogP contribution is -2.35. The van der Waals surface area contributed by atoms with Crippen LogP contribution in [-0.2, 0) is 6.42 Å². The van der Waals surface area contributed by atoms with Gasteiger partial charge < -0.3 is 15.2 Å². The van der Waals surface area contributed by atoms with E-state index in [1.165, 1.54) is 0 Å². The molecular formula is C15H25N5O. The Morgan fingerprint density at radius 2 is 2.19 bits per heavy atom. The molecule has 0 spiro atoms. The highest BCUT2D eigenvalue weighted by Crippen LogP contribution is 2.22. The van der Waals surface area contributed by atoms with Crippen molar-refractivity contribution in [1.29, 1.82) is 0 Å². The van der Waals surface area contributed by atoms with Crippen molar-refractivity contribution in [3.63, 3.8) is 0 Å². The maximum absolute atomic E-state index is 12.7. The number of nitrogens with one attached hydrogen (secondary N) is 1. The van der Waals surface area contributed by atoms with E-state index in [1.807, 2.05) is 17.9 Å². The molecule has 1 saturated heterocycles. The number of amides is 1. The van der Waals surface area contributed by atoms with E-state index < -0.39 is 0 Å². The van der Waals surface area contributed by atoms with Gasteiger partial charge in [0.25, 0.3) is 5.91 Å². The lowest BCUT2D eigenvalue weighted by Gasteiger charge is -2.22. The molecule has 1 aromatic heterocycles. The van der Waals surface area contributed by atoms with Crippen LogP contribution in [0.25, 0.3) is 0 Å². The molecular weight excluding hydrogens is 266 g/mol. The molecule has 1 aromatic rings. The summed E-state index contributed by atoms with van der Waals surface area (Å²) in [6.07, 6.45) is 0.770. The van der Waals surface area contributed by atoms with Crippen LogP contribution in [0.2, 0.25) is 0 Å². The zero-order valence-corrected chi connectivity index (χ0v) is 13.3. The molecule has 1 amide bonds. The smallest absolute Gasteiger partial charge is 0.254 e. The predicted octanol–water partition coefficient (Wildman–Crippen LogP) is 0.952. The lowest BCUT2D eigenvalue weighted by atomic mass is 10.1. The molecule has 1 fully saturated rings. The van der Waals surface area contributed by atoms with E-state index in [4.69, 9.17) is 5.84 Å². The van der Waals surface area contributed by atoms with Gasteiger partial charge in [-0.3, -0.25) is 4.79 Å². The van der Waals surface area contributed by atoms with E-state index in [1.54, 1.807) is 6.07 Å². The van der Waals surface area contributed by atoms with E-state index in [-0.39, 0.29) is 5.91 Å². The van der Waals surface area contributed by atoms with Crippen molar-refractivity contribution in [2.75, 3.05) is 32.6 Å². The zero-order chi connectivity index (χ0) is 15.6. The first-order valence-electron chi connectivity index (χ1n) is 7.39. The molecule has 6 nitrogen and oxygen atoms in total. The summed E-state index contributed by atoms with van der Waals surface area (Å²) in [4.78, 5) is 21.1. The Hall–Kier alpha value is -1.66. The number of aryl methyl sites for hydroxylation is 1. The summed E-state index contributed by atoms with van der Waals surface area (Å²) in [6.45, 7) is 5.75. The Morgan fingerprint density at radius 3 is 2.71 bits per heavy atom. The van der Waals surface area contributed by atoms with Crippen LogP contribution in [0, 0.1) is 5.92 Å². The number of carbonyl (C=O) groups is 1. The number of hydrogen-bond acceptors (Lipinski definition) is 5. The molecule has 2 unspecified atom stereocenters. The highest BCUT2D eigenvalue weighted by atomic mass is 16.2. The van der Waals surface area contributed by atoms with Crippen molar-refractivity contribution < 1.29 is 4.79 Å². The quantitative estimate of drug-likeness (QED) is 0.638. The largest absolute Gasteiger partial charge is 0.337 e. The van der Waals surface area contributed by atoms with Crippen molar-refractivity contribution in [1.82, 2.24) is 14.8 Å². The number of nitrogens with two attached hydrogens (primary N) is 1. The molecule has 0 saturated carbocycles. The number of hydrazine groups is 1. The standard InChI is InChI=1S/C15H25N5O/c1-5-12-6-11(7-14(17-12)18-16)15(21)20-8-10(2)13(9-20)19(3)4/h6-7,10,13H,5,8-9,16H2,1-4H3,(H,17,18). The van der Waals surface area contributed by atoms with Gasteiger partial charge in [-0.1, -0.05) is 13.8 Å². The van der Waals surface area contributed by atoms with Gasteiger partial charge in [-0.05, 0) is 38.6 Å². The summed E-state index contributed by atoms with van der Waals surface area (Å²) in [5, 5.41) is 0. The number of rotatable bonds is 4. The van der Waals surface area contributed by atoms with Crippen LogP contribution >= 0.6 is 0 Å². The van der Waals surface area contributed by atoms with Crippen molar-refractivity contribution >= 4 is 11.7 Å². The van der Waals surface area contributed by atoms with Crippen molar-refractivity contribution in [2.45, 2.75) is 26.3 Å². The summed E-state index contributed by atoms with van der Waals surface area (Å²) in [7, 11) is 4.13. The van der Waals surface area contributed by atoms with Crippen LogP contribution in [0.1, 0.15) is 29.9 Å². The summed E-state index contributed by atoms with van der Waals surface area (Å²) >= 11 is 0. The van der Waals surface area contributed by atoms with Gasteiger partial charge in [-0.15, -0.1) is 0 Å². The molecule has 6 heteroatoms. The van der Waals surface area contributed by atoms with Crippen molar-refractivity contribution in [3.05, 3.63) is 23.4 Å². The Balaban J connectivity index is 2.21. The second kappa shape index (κ2) is 6.41.